The largest absolute Gasteiger partial charge is 0.456 e. The minimum Gasteiger partial charge on any atom is -0.456 e. The first-order valence-electron chi connectivity index (χ1n) is 14.0. The molecule has 3 aliphatic carbocycles. The molecule has 198 valence electrons. The van der Waals surface area contributed by atoms with E-state index in [0.29, 0.717) is 12.8 Å². The lowest BCUT2D eigenvalue weighted by molar-refractivity contribution is -0.385. The molecule has 4 heterocycles. The minimum absolute atomic E-state index is 0.0106. The van der Waals surface area contributed by atoms with Gasteiger partial charge in [-0.25, -0.2) is 0 Å². The monoisotopic (exact) mass is 500 g/mol. The summed E-state index contributed by atoms with van der Waals surface area (Å²) in [6, 6.07) is 0. The standard InChI is InChI=1S/C29H40O7/c1-14(19-13-26(5)25(3,4)35-28(7,33-19)36-26)17-8-9-18-22-16(12-20(30)27(17,18)6)15(2)29(24-23(22)32-24)11-10-21(31)34-29/h12,14-15,17-19,22-24H,8-11,13H2,1-7H3/t14-,15+,17?,18?,19-,22?,23?,24?,26+,27-,28+,29-/m1/s1. The highest BCUT2D eigenvalue weighted by Gasteiger charge is 2.74. The number of hydrogen-bond donors (Lipinski definition) is 0. The number of carbonyl (C=O) groups excluding carboxylic acids is 2. The van der Waals surface area contributed by atoms with E-state index in [1.54, 1.807) is 0 Å². The predicted octanol–water partition coefficient (Wildman–Crippen LogP) is 4.32. The van der Waals surface area contributed by atoms with Gasteiger partial charge in [-0.1, -0.05) is 26.3 Å². The first-order valence-corrected chi connectivity index (χ1v) is 14.0. The Labute approximate surface area is 213 Å². The molecule has 0 N–H and O–H groups in total. The molecule has 7 rings (SSSR count). The number of ether oxygens (including phenoxy) is 5. The molecule has 0 aromatic rings. The van der Waals surface area contributed by atoms with E-state index in [4.69, 9.17) is 23.7 Å². The SMILES string of the molecule is C[C@H](C1CCC2C3C(=CC(=O)[C@@]21C)[C@H](C)[C@]1(CCC(=O)O1)C1OC31)[C@H]1C[C@]2(C)O[C@@](C)(O1)OC2(C)C. The van der Waals surface area contributed by atoms with Crippen molar-refractivity contribution in [3.05, 3.63) is 11.6 Å². The van der Waals surface area contributed by atoms with Crippen LogP contribution in [0.25, 0.3) is 0 Å². The number of allylic oxidation sites excluding steroid dienone is 1. The summed E-state index contributed by atoms with van der Waals surface area (Å²) in [7, 11) is 0. The zero-order valence-electron chi connectivity index (χ0n) is 22.6. The highest BCUT2D eigenvalue weighted by atomic mass is 16.9. The molecule has 12 atom stereocenters. The van der Waals surface area contributed by atoms with Crippen LogP contribution in [0.1, 0.15) is 80.6 Å². The van der Waals surface area contributed by atoms with E-state index in [2.05, 4.69) is 41.5 Å². The molecule has 0 radical (unpaired) electrons. The van der Waals surface area contributed by atoms with E-state index in [1.807, 2.05) is 13.0 Å². The first-order chi connectivity index (χ1) is 16.7. The molecular weight excluding hydrogens is 460 g/mol. The van der Waals surface area contributed by atoms with Crippen molar-refractivity contribution in [3.8, 4) is 0 Å². The molecule has 1 spiro atoms. The first kappa shape index (κ1) is 23.8. The smallest absolute Gasteiger partial charge is 0.306 e. The number of rotatable bonds is 2. The average Bonchev–Trinajstić information content (AvgIpc) is 3.32. The molecule has 7 aliphatic rings. The Morgan fingerprint density at radius 1 is 1.06 bits per heavy atom. The highest BCUT2D eigenvalue weighted by Crippen LogP contribution is 2.67. The van der Waals surface area contributed by atoms with E-state index in [0.717, 1.165) is 24.8 Å². The zero-order chi connectivity index (χ0) is 25.6. The Balaban J connectivity index is 1.20. The van der Waals surface area contributed by atoms with Gasteiger partial charge in [-0.15, -0.1) is 0 Å². The molecule has 0 aromatic carbocycles. The third-order valence-corrected chi connectivity index (χ3v) is 11.9. The normalized spacial score (nSPS) is 57.1. The van der Waals surface area contributed by atoms with Gasteiger partial charge in [-0.05, 0) is 57.4 Å². The van der Waals surface area contributed by atoms with Crippen molar-refractivity contribution in [2.24, 2.45) is 35.0 Å². The molecule has 36 heavy (non-hydrogen) atoms. The lowest BCUT2D eigenvalue weighted by atomic mass is 9.53. The molecule has 0 aromatic heterocycles. The van der Waals surface area contributed by atoms with E-state index < -0.39 is 28.2 Å². The Bertz CT molecular complexity index is 1080. The maximum Gasteiger partial charge on any atom is 0.306 e. The predicted molar refractivity (Wildman–Crippen MR) is 128 cm³/mol. The van der Waals surface area contributed by atoms with Crippen molar-refractivity contribution in [2.75, 3.05) is 0 Å². The van der Waals surface area contributed by atoms with Crippen LogP contribution in [0.5, 0.6) is 0 Å². The zero-order valence-corrected chi connectivity index (χ0v) is 22.6. The van der Waals surface area contributed by atoms with Crippen LogP contribution in [-0.4, -0.2) is 52.8 Å². The van der Waals surface area contributed by atoms with Gasteiger partial charge >= 0.3 is 5.97 Å². The fourth-order valence-electron chi connectivity index (χ4n) is 9.58. The summed E-state index contributed by atoms with van der Waals surface area (Å²) in [5.74, 6) is -0.121. The van der Waals surface area contributed by atoms with Gasteiger partial charge in [0.15, 0.2) is 5.78 Å². The lowest BCUT2D eigenvalue weighted by Gasteiger charge is -2.51. The van der Waals surface area contributed by atoms with Gasteiger partial charge in [-0.2, -0.15) is 0 Å². The molecule has 5 unspecified atom stereocenters. The number of epoxide rings is 1. The summed E-state index contributed by atoms with van der Waals surface area (Å²) in [5.41, 5.74) is -0.787. The van der Waals surface area contributed by atoms with Gasteiger partial charge in [0.05, 0.1) is 17.8 Å². The summed E-state index contributed by atoms with van der Waals surface area (Å²) >= 11 is 0. The molecule has 7 nitrogen and oxygen atoms in total. The van der Waals surface area contributed by atoms with Crippen molar-refractivity contribution in [1.29, 1.82) is 0 Å². The minimum atomic E-state index is -1.06. The van der Waals surface area contributed by atoms with Crippen LogP contribution in [0, 0.1) is 35.0 Å². The molecule has 2 saturated carbocycles. The quantitative estimate of drug-likeness (QED) is 0.412. The van der Waals surface area contributed by atoms with Crippen LogP contribution >= 0.6 is 0 Å². The van der Waals surface area contributed by atoms with Crippen molar-refractivity contribution in [2.45, 2.75) is 122 Å². The topological polar surface area (TPSA) is 83.6 Å². The summed E-state index contributed by atoms with van der Waals surface area (Å²) in [6.07, 6.45) is 5.75. The second-order valence-electron chi connectivity index (χ2n) is 13.8. The number of hydrogen-bond acceptors (Lipinski definition) is 7. The average molecular weight is 501 g/mol. The third-order valence-electron chi connectivity index (χ3n) is 11.9. The van der Waals surface area contributed by atoms with Gasteiger partial charge in [0, 0.05) is 43.4 Å². The van der Waals surface area contributed by atoms with E-state index in [-0.39, 0.29) is 59.7 Å². The van der Waals surface area contributed by atoms with E-state index in [1.165, 1.54) is 0 Å². The van der Waals surface area contributed by atoms with Crippen LogP contribution in [0.2, 0.25) is 0 Å². The summed E-state index contributed by atoms with van der Waals surface area (Å²) < 4.78 is 31.2. The molecule has 4 saturated heterocycles. The molecule has 7 heteroatoms. The summed E-state index contributed by atoms with van der Waals surface area (Å²) in [4.78, 5) is 26.1. The highest BCUT2D eigenvalue weighted by molar-refractivity contribution is 5.97. The Morgan fingerprint density at radius 2 is 1.81 bits per heavy atom. The van der Waals surface area contributed by atoms with Gasteiger partial charge in [0.1, 0.15) is 17.3 Å². The van der Waals surface area contributed by atoms with Crippen LogP contribution in [-0.2, 0) is 33.3 Å². The van der Waals surface area contributed by atoms with E-state index >= 15 is 0 Å². The fraction of sp³-hybridized carbons (Fsp3) is 0.862. The van der Waals surface area contributed by atoms with Crippen LogP contribution in [0.4, 0.5) is 0 Å². The van der Waals surface area contributed by atoms with Crippen LogP contribution in [0.15, 0.2) is 11.6 Å². The number of fused-ring (bicyclic) bond motifs is 8. The van der Waals surface area contributed by atoms with Crippen molar-refractivity contribution in [3.63, 3.8) is 0 Å². The molecular formula is C29H40O7. The van der Waals surface area contributed by atoms with Crippen molar-refractivity contribution >= 4 is 11.8 Å². The Morgan fingerprint density at radius 3 is 2.47 bits per heavy atom. The van der Waals surface area contributed by atoms with Crippen molar-refractivity contribution in [1.82, 2.24) is 0 Å². The van der Waals surface area contributed by atoms with Gasteiger partial charge < -0.3 is 23.7 Å². The molecule has 2 bridgehead atoms. The number of esters is 1. The Kier molecular flexibility index (Phi) is 4.51. The third kappa shape index (κ3) is 2.73. The number of ketones is 1. The van der Waals surface area contributed by atoms with Crippen LogP contribution < -0.4 is 0 Å². The second-order valence-corrected chi connectivity index (χ2v) is 13.8. The summed E-state index contributed by atoms with van der Waals surface area (Å²) in [6.45, 7) is 14.7. The van der Waals surface area contributed by atoms with Gasteiger partial charge in [0.2, 0.25) is 0 Å². The van der Waals surface area contributed by atoms with E-state index in [9.17, 15) is 9.59 Å². The molecule has 6 fully saturated rings. The maximum atomic E-state index is 14.0. The lowest BCUT2D eigenvalue weighted by Crippen LogP contribution is -2.57. The molecule has 0 amide bonds. The van der Waals surface area contributed by atoms with Crippen molar-refractivity contribution < 1.29 is 33.3 Å². The fourth-order valence-corrected chi connectivity index (χ4v) is 9.58. The van der Waals surface area contributed by atoms with Crippen LogP contribution in [0.3, 0.4) is 0 Å². The number of carbonyl (C=O) groups is 2. The molecule has 4 aliphatic heterocycles. The summed E-state index contributed by atoms with van der Waals surface area (Å²) in [5, 5.41) is 0. The maximum absolute atomic E-state index is 14.0. The van der Waals surface area contributed by atoms with Gasteiger partial charge in [0.25, 0.3) is 5.97 Å². The Hall–Kier alpha value is -1.28. The van der Waals surface area contributed by atoms with Gasteiger partial charge in [-0.3, -0.25) is 9.59 Å². The second kappa shape index (κ2) is 6.83.